The molecule has 0 aromatic heterocycles. The van der Waals surface area contributed by atoms with Gasteiger partial charge in [-0.25, -0.2) is 0 Å². The van der Waals surface area contributed by atoms with Gasteiger partial charge in [-0.1, -0.05) is 15.9 Å². The molecule has 2 unspecified atom stereocenters. The van der Waals surface area contributed by atoms with E-state index in [1.54, 1.807) is 0 Å². The summed E-state index contributed by atoms with van der Waals surface area (Å²) in [5.74, 6) is 2.98. The summed E-state index contributed by atoms with van der Waals surface area (Å²) < 4.78 is 5.89. The predicted molar refractivity (Wildman–Crippen MR) is 85.3 cm³/mol. The number of halogens is 1. The lowest BCUT2D eigenvalue weighted by molar-refractivity contribution is -0.167. The summed E-state index contributed by atoms with van der Waals surface area (Å²) in [6.45, 7) is 3.65. The van der Waals surface area contributed by atoms with Crippen molar-refractivity contribution < 1.29 is 9.53 Å². The third kappa shape index (κ3) is 2.46. The first-order valence-corrected chi connectivity index (χ1v) is 9.71. The second-order valence-corrected chi connectivity index (χ2v) is 8.78. The van der Waals surface area contributed by atoms with Crippen LogP contribution in [-0.4, -0.2) is 41.4 Å². The Morgan fingerprint density at radius 2 is 1.71 bits per heavy atom. The largest absolute Gasteiger partial charge is 0.371 e. The minimum atomic E-state index is 0.00265. The maximum atomic E-state index is 13.3. The van der Waals surface area contributed by atoms with Crippen LogP contribution in [0.3, 0.4) is 0 Å². The molecule has 4 aliphatic carbocycles. The molecule has 118 valence electrons. The van der Waals surface area contributed by atoms with Crippen molar-refractivity contribution in [3.63, 3.8) is 0 Å². The lowest BCUT2D eigenvalue weighted by atomic mass is 9.49. The van der Waals surface area contributed by atoms with Crippen molar-refractivity contribution in [1.82, 2.24) is 4.90 Å². The molecular weight excluding hydrogens is 330 g/mol. The molecule has 0 aromatic rings. The first-order chi connectivity index (χ1) is 10.1. The molecule has 5 fully saturated rings. The molecule has 3 nitrogen and oxygen atoms in total. The fourth-order valence-electron chi connectivity index (χ4n) is 6.00. The Morgan fingerprint density at radius 1 is 1.14 bits per heavy atom. The number of ether oxygens (including phenoxy) is 1. The molecule has 2 atom stereocenters. The smallest absolute Gasteiger partial charge is 0.228 e. The van der Waals surface area contributed by atoms with Gasteiger partial charge >= 0.3 is 0 Å². The minimum Gasteiger partial charge on any atom is -0.371 e. The Balaban J connectivity index is 1.54. The number of hydrogen-bond acceptors (Lipinski definition) is 2. The standard InChI is InChI=1S/C17H26BrNO2/c1-11-9-19(10-15(8-18)21-11)16(20)17-5-12-2-13(6-17)4-14(3-12)7-17/h11-15H,2-10H2,1H3. The summed E-state index contributed by atoms with van der Waals surface area (Å²) >= 11 is 3.52. The second-order valence-electron chi connectivity index (χ2n) is 8.13. The zero-order chi connectivity index (χ0) is 14.6. The molecule has 0 N–H and O–H groups in total. The Labute approximate surface area is 135 Å². The molecule has 0 spiro atoms. The molecule has 4 heteroatoms. The molecule has 5 rings (SSSR count). The van der Waals surface area contributed by atoms with Crippen molar-refractivity contribution in [3.05, 3.63) is 0 Å². The Bertz CT molecular complexity index is 403. The molecule has 0 radical (unpaired) electrons. The summed E-state index contributed by atoms with van der Waals surface area (Å²) in [5, 5.41) is 0.821. The molecule has 1 heterocycles. The van der Waals surface area contributed by atoms with Crippen molar-refractivity contribution in [1.29, 1.82) is 0 Å². The number of carbonyl (C=O) groups is 1. The lowest BCUT2D eigenvalue weighted by Crippen LogP contribution is -2.58. The quantitative estimate of drug-likeness (QED) is 0.711. The Morgan fingerprint density at radius 3 is 2.24 bits per heavy atom. The number of rotatable bonds is 2. The molecule has 1 saturated heterocycles. The second kappa shape index (κ2) is 5.23. The van der Waals surface area contributed by atoms with Crippen molar-refractivity contribution >= 4 is 21.8 Å². The SMILES string of the molecule is CC1CN(C(=O)C23CC4CC(CC(C4)C2)C3)CC(CBr)O1. The van der Waals surface area contributed by atoms with Gasteiger partial charge in [0.15, 0.2) is 0 Å². The van der Waals surface area contributed by atoms with E-state index < -0.39 is 0 Å². The summed E-state index contributed by atoms with van der Waals surface area (Å²) in [4.78, 5) is 15.4. The topological polar surface area (TPSA) is 29.5 Å². The Kier molecular flexibility index (Phi) is 3.61. The van der Waals surface area contributed by atoms with Crippen LogP contribution in [0.15, 0.2) is 0 Å². The van der Waals surface area contributed by atoms with Gasteiger partial charge in [-0.3, -0.25) is 4.79 Å². The highest BCUT2D eigenvalue weighted by atomic mass is 79.9. The van der Waals surface area contributed by atoms with Gasteiger partial charge in [-0.2, -0.15) is 0 Å². The van der Waals surface area contributed by atoms with Crippen molar-refractivity contribution in [2.75, 3.05) is 18.4 Å². The monoisotopic (exact) mass is 355 g/mol. The maximum Gasteiger partial charge on any atom is 0.228 e. The van der Waals surface area contributed by atoms with Crippen molar-refractivity contribution in [2.45, 2.75) is 57.7 Å². The maximum absolute atomic E-state index is 13.3. The average molecular weight is 356 g/mol. The van der Waals surface area contributed by atoms with E-state index in [4.69, 9.17) is 4.74 Å². The minimum absolute atomic E-state index is 0.00265. The van der Waals surface area contributed by atoms with Gasteiger partial charge in [0.2, 0.25) is 5.91 Å². The van der Waals surface area contributed by atoms with Gasteiger partial charge in [0.05, 0.1) is 17.6 Å². The lowest BCUT2D eigenvalue weighted by Gasteiger charge is -2.57. The number of amides is 1. The normalized spacial score (nSPS) is 48.7. The summed E-state index contributed by atoms with van der Waals surface area (Å²) in [7, 11) is 0. The number of alkyl halides is 1. The van der Waals surface area contributed by atoms with Crippen LogP contribution >= 0.6 is 15.9 Å². The van der Waals surface area contributed by atoms with E-state index >= 15 is 0 Å². The van der Waals surface area contributed by atoms with E-state index in [1.165, 1.54) is 38.5 Å². The third-order valence-corrected chi connectivity index (χ3v) is 7.00. The van der Waals surface area contributed by atoms with E-state index in [0.717, 1.165) is 36.2 Å². The first kappa shape index (κ1) is 14.5. The van der Waals surface area contributed by atoms with E-state index in [-0.39, 0.29) is 17.6 Å². The van der Waals surface area contributed by atoms with Gasteiger partial charge in [0.25, 0.3) is 0 Å². The fourth-order valence-corrected chi connectivity index (χ4v) is 6.36. The van der Waals surface area contributed by atoms with Crippen LogP contribution in [-0.2, 0) is 9.53 Å². The number of morpholine rings is 1. The highest BCUT2D eigenvalue weighted by molar-refractivity contribution is 9.09. The highest BCUT2D eigenvalue weighted by Gasteiger charge is 2.56. The molecule has 4 saturated carbocycles. The number of hydrogen-bond donors (Lipinski definition) is 0. The first-order valence-electron chi connectivity index (χ1n) is 8.59. The predicted octanol–water partition coefficient (Wildman–Crippen LogP) is 3.21. The molecular formula is C17H26BrNO2. The molecule has 1 aliphatic heterocycles. The Hall–Kier alpha value is -0.0900. The van der Waals surface area contributed by atoms with Gasteiger partial charge in [0.1, 0.15) is 0 Å². The van der Waals surface area contributed by atoms with Crippen LogP contribution in [0.1, 0.15) is 45.4 Å². The van der Waals surface area contributed by atoms with Gasteiger partial charge in [-0.15, -0.1) is 0 Å². The van der Waals surface area contributed by atoms with Gasteiger partial charge in [-0.05, 0) is 63.2 Å². The fraction of sp³-hybridized carbons (Fsp3) is 0.941. The number of carbonyl (C=O) groups excluding carboxylic acids is 1. The van der Waals surface area contributed by atoms with Crippen molar-refractivity contribution in [3.8, 4) is 0 Å². The van der Waals surface area contributed by atoms with E-state index in [0.29, 0.717) is 5.91 Å². The third-order valence-electron chi connectivity index (χ3n) is 6.28. The highest BCUT2D eigenvalue weighted by Crippen LogP contribution is 2.60. The molecule has 0 aromatic carbocycles. The zero-order valence-electron chi connectivity index (χ0n) is 12.9. The van der Waals surface area contributed by atoms with E-state index in [9.17, 15) is 4.79 Å². The van der Waals surface area contributed by atoms with Crippen LogP contribution in [0.2, 0.25) is 0 Å². The average Bonchev–Trinajstić information content (AvgIpc) is 2.44. The number of nitrogens with zero attached hydrogens (tertiary/aromatic N) is 1. The molecule has 21 heavy (non-hydrogen) atoms. The summed E-state index contributed by atoms with van der Waals surface area (Å²) in [6.07, 6.45) is 8.03. The summed E-state index contributed by atoms with van der Waals surface area (Å²) in [5.41, 5.74) is 0.00265. The van der Waals surface area contributed by atoms with Gasteiger partial charge < -0.3 is 9.64 Å². The van der Waals surface area contributed by atoms with Crippen LogP contribution < -0.4 is 0 Å². The van der Waals surface area contributed by atoms with Gasteiger partial charge in [0, 0.05) is 18.4 Å². The molecule has 1 amide bonds. The van der Waals surface area contributed by atoms with E-state index in [2.05, 4.69) is 27.8 Å². The van der Waals surface area contributed by atoms with Crippen LogP contribution in [0.5, 0.6) is 0 Å². The van der Waals surface area contributed by atoms with E-state index in [1.807, 2.05) is 0 Å². The van der Waals surface area contributed by atoms with Crippen LogP contribution in [0, 0.1) is 23.2 Å². The van der Waals surface area contributed by atoms with Crippen LogP contribution in [0.25, 0.3) is 0 Å². The zero-order valence-corrected chi connectivity index (χ0v) is 14.5. The van der Waals surface area contributed by atoms with Crippen molar-refractivity contribution in [2.24, 2.45) is 23.2 Å². The van der Waals surface area contributed by atoms with Crippen LogP contribution in [0.4, 0.5) is 0 Å². The molecule has 5 aliphatic rings. The summed E-state index contributed by atoms with van der Waals surface area (Å²) in [6, 6.07) is 0. The molecule has 4 bridgehead atoms.